The summed E-state index contributed by atoms with van der Waals surface area (Å²) in [5, 5.41) is 6.48. The Morgan fingerprint density at radius 3 is 2.95 bits per heavy atom. The highest BCUT2D eigenvalue weighted by atomic mass is 32.1. The lowest BCUT2D eigenvalue weighted by Crippen LogP contribution is -2.39. The molecule has 1 atom stereocenters. The predicted molar refractivity (Wildman–Crippen MR) is 81.3 cm³/mol. The van der Waals surface area contributed by atoms with Crippen molar-refractivity contribution >= 4 is 17.2 Å². The topological polar surface area (TPSA) is 45.2 Å². The number of thiazole rings is 1. The molecule has 0 spiro atoms. The highest BCUT2D eigenvalue weighted by Crippen LogP contribution is 2.28. The fraction of sp³-hybridized carbons (Fsp3) is 0.733. The van der Waals surface area contributed by atoms with Gasteiger partial charge >= 0.3 is 0 Å². The maximum absolute atomic E-state index is 12.5. The van der Waals surface area contributed by atoms with Crippen LogP contribution in [-0.4, -0.2) is 42.0 Å². The highest BCUT2D eigenvalue weighted by Gasteiger charge is 2.25. The first-order chi connectivity index (χ1) is 9.74. The van der Waals surface area contributed by atoms with E-state index in [2.05, 4.69) is 17.2 Å². The molecule has 1 unspecified atom stereocenters. The van der Waals surface area contributed by atoms with Crippen LogP contribution in [0.3, 0.4) is 0 Å². The molecule has 1 aromatic rings. The molecule has 20 heavy (non-hydrogen) atoms. The number of aromatic nitrogens is 1. The molecule has 2 saturated heterocycles. The van der Waals surface area contributed by atoms with Crippen LogP contribution in [0, 0.1) is 5.92 Å². The summed E-state index contributed by atoms with van der Waals surface area (Å²) in [5.74, 6) is 1.30. The van der Waals surface area contributed by atoms with Gasteiger partial charge in [-0.2, -0.15) is 0 Å². The van der Waals surface area contributed by atoms with Crippen LogP contribution in [0.15, 0.2) is 5.38 Å². The Labute approximate surface area is 124 Å². The van der Waals surface area contributed by atoms with Crippen molar-refractivity contribution in [3.8, 4) is 0 Å². The molecule has 0 saturated carbocycles. The van der Waals surface area contributed by atoms with Crippen LogP contribution in [0.4, 0.5) is 0 Å². The largest absolute Gasteiger partial charge is 0.337 e. The van der Waals surface area contributed by atoms with E-state index < -0.39 is 0 Å². The summed E-state index contributed by atoms with van der Waals surface area (Å²) in [6.45, 7) is 6.14. The first kappa shape index (κ1) is 14.0. The number of piperidine rings is 2. The molecular weight excluding hydrogens is 270 g/mol. The molecule has 1 N–H and O–H groups in total. The Morgan fingerprint density at radius 2 is 2.20 bits per heavy atom. The van der Waals surface area contributed by atoms with Gasteiger partial charge in [0.2, 0.25) is 0 Å². The van der Waals surface area contributed by atoms with Crippen LogP contribution in [0.5, 0.6) is 0 Å². The SMILES string of the molecule is CC1CCCN(C(=O)c2csc(C3CCNCC3)n2)C1. The number of nitrogens with zero attached hydrogens (tertiary/aromatic N) is 2. The molecule has 2 fully saturated rings. The van der Waals surface area contributed by atoms with E-state index in [9.17, 15) is 4.79 Å². The van der Waals surface area contributed by atoms with Crippen molar-refractivity contribution in [1.82, 2.24) is 15.2 Å². The van der Waals surface area contributed by atoms with Gasteiger partial charge in [0, 0.05) is 24.4 Å². The van der Waals surface area contributed by atoms with Gasteiger partial charge < -0.3 is 10.2 Å². The molecule has 3 heterocycles. The monoisotopic (exact) mass is 293 g/mol. The van der Waals surface area contributed by atoms with Crippen LogP contribution in [0.25, 0.3) is 0 Å². The fourth-order valence-electron chi connectivity index (χ4n) is 3.18. The van der Waals surface area contributed by atoms with Gasteiger partial charge in [-0.05, 0) is 44.7 Å². The van der Waals surface area contributed by atoms with Crippen LogP contribution in [0.2, 0.25) is 0 Å². The standard InChI is InChI=1S/C15H23N3OS/c1-11-3-2-8-18(9-11)15(19)13-10-20-14(17-13)12-4-6-16-7-5-12/h10-12,16H,2-9H2,1H3. The quantitative estimate of drug-likeness (QED) is 0.911. The van der Waals surface area contributed by atoms with Gasteiger partial charge in [0.05, 0.1) is 5.01 Å². The number of rotatable bonds is 2. The Morgan fingerprint density at radius 1 is 1.40 bits per heavy atom. The maximum atomic E-state index is 12.5. The average molecular weight is 293 g/mol. The van der Waals surface area contributed by atoms with Crippen LogP contribution in [-0.2, 0) is 0 Å². The number of carbonyl (C=O) groups excluding carboxylic acids is 1. The van der Waals surface area contributed by atoms with E-state index in [0.29, 0.717) is 17.5 Å². The summed E-state index contributed by atoms with van der Waals surface area (Å²) in [7, 11) is 0. The summed E-state index contributed by atoms with van der Waals surface area (Å²) < 4.78 is 0. The number of hydrogen-bond acceptors (Lipinski definition) is 4. The number of carbonyl (C=O) groups is 1. The third kappa shape index (κ3) is 3.04. The minimum Gasteiger partial charge on any atom is -0.337 e. The van der Waals surface area contributed by atoms with E-state index in [1.807, 2.05) is 10.3 Å². The Hall–Kier alpha value is -0.940. The second kappa shape index (κ2) is 6.22. The van der Waals surface area contributed by atoms with E-state index in [1.165, 1.54) is 6.42 Å². The zero-order valence-electron chi connectivity index (χ0n) is 12.1. The van der Waals surface area contributed by atoms with E-state index >= 15 is 0 Å². The molecule has 4 nitrogen and oxygen atoms in total. The minimum absolute atomic E-state index is 0.132. The van der Waals surface area contributed by atoms with Crippen molar-refractivity contribution in [3.05, 3.63) is 16.1 Å². The molecule has 2 aliphatic heterocycles. The summed E-state index contributed by atoms with van der Waals surface area (Å²) in [6, 6.07) is 0. The van der Waals surface area contributed by atoms with Gasteiger partial charge in [0.1, 0.15) is 5.69 Å². The molecule has 2 aliphatic rings. The fourth-order valence-corrected chi connectivity index (χ4v) is 4.14. The Balaban J connectivity index is 1.67. The normalized spacial score (nSPS) is 24.9. The lowest BCUT2D eigenvalue weighted by molar-refractivity contribution is 0.0677. The van der Waals surface area contributed by atoms with E-state index in [-0.39, 0.29) is 5.91 Å². The van der Waals surface area contributed by atoms with Gasteiger partial charge in [-0.3, -0.25) is 4.79 Å². The second-order valence-electron chi connectivity index (χ2n) is 6.09. The van der Waals surface area contributed by atoms with Gasteiger partial charge in [0.25, 0.3) is 5.91 Å². The predicted octanol–water partition coefficient (Wildman–Crippen LogP) is 2.48. The van der Waals surface area contributed by atoms with Crippen LogP contribution < -0.4 is 5.32 Å². The molecule has 0 aliphatic carbocycles. The van der Waals surface area contributed by atoms with E-state index in [4.69, 9.17) is 0 Å². The number of likely N-dealkylation sites (tertiary alicyclic amines) is 1. The summed E-state index contributed by atoms with van der Waals surface area (Å²) in [5.41, 5.74) is 0.664. The number of hydrogen-bond donors (Lipinski definition) is 1. The maximum Gasteiger partial charge on any atom is 0.273 e. The first-order valence-electron chi connectivity index (χ1n) is 7.69. The molecule has 0 aromatic carbocycles. The summed E-state index contributed by atoms with van der Waals surface area (Å²) in [6.07, 6.45) is 4.64. The molecule has 1 aromatic heterocycles. The Bertz CT molecular complexity index is 467. The number of nitrogens with one attached hydrogen (secondary N) is 1. The molecule has 1 amide bonds. The molecule has 0 radical (unpaired) electrons. The van der Waals surface area contributed by atoms with Crippen LogP contribution >= 0.6 is 11.3 Å². The summed E-state index contributed by atoms with van der Waals surface area (Å²) in [4.78, 5) is 19.1. The first-order valence-corrected chi connectivity index (χ1v) is 8.57. The lowest BCUT2D eigenvalue weighted by Gasteiger charge is -2.30. The van der Waals surface area contributed by atoms with Crippen molar-refractivity contribution in [1.29, 1.82) is 0 Å². The van der Waals surface area contributed by atoms with Gasteiger partial charge in [-0.1, -0.05) is 6.92 Å². The van der Waals surface area contributed by atoms with Gasteiger partial charge in [-0.25, -0.2) is 4.98 Å². The van der Waals surface area contributed by atoms with Gasteiger partial charge in [0.15, 0.2) is 0 Å². The molecule has 5 heteroatoms. The van der Waals surface area contributed by atoms with E-state index in [0.717, 1.165) is 50.4 Å². The number of amides is 1. The molecular formula is C15H23N3OS. The zero-order chi connectivity index (χ0) is 13.9. The van der Waals surface area contributed by atoms with Gasteiger partial charge in [-0.15, -0.1) is 11.3 Å². The smallest absolute Gasteiger partial charge is 0.273 e. The highest BCUT2D eigenvalue weighted by molar-refractivity contribution is 7.09. The van der Waals surface area contributed by atoms with Crippen molar-refractivity contribution in [2.75, 3.05) is 26.2 Å². The average Bonchev–Trinajstić information content (AvgIpc) is 2.97. The molecule has 0 bridgehead atoms. The lowest BCUT2D eigenvalue weighted by atomic mass is 9.99. The van der Waals surface area contributed by atoms with Crippen molar-refractivity contribution in [2.24, 2.45) is 5.92 Å². The van der Waals surface area contributed by atoms with Crippen molar-refractivity contribution < 1.29 is 4.79 Å². The Kier molecular flexibility index (Phi) is 4.36. The van der Waals surface area contributed by atoms with Crippen molar-refractivity contribution in [3.63, 3.8) is 0 Å². The second-order valence-corrected chi connectivity index (χ2v) is 6.98. The van der Waals surface area contributed by atoms with Crippen molar-refractivity contribution in [2.45, 2.75) is 38.5 Å². The summed E-state index contributed by atoms with van der Waals surface area (Å²) >= 11 is 1.66. The third-order valence-corrected chi connectivity index (χ3v) is 5.38. The van der Waals surface area contributed by atoms with E-state index in [1.54, 1.807) is 11.3 Å². The minimum atomic E-state index is 0.132. The van der Waals surface area contributed by atoms with Crippen LogP contribution in [0.1, 0.15) is 54.0 Å². The molecule has 110 valence electrons. The zero-order valence-corrected chi connectivity index (χ0v) is 12.9. The third-order valence-electron chi connectivity index (χ3n) is 4.37. The molecule has 3 rings (SSSR count).